The van der Waals surface area contributed by atoms with Crippen molar-refractivity contribution in [1.29, 1.82) is 0 Å². The predicted octanol–water partition coefficient (Wildman–Crippen LogP) is -0.231. The predicted molar refractivity (Wildman–Crippen MR) is 88.6 cm³/mol. The summed E-state index contributed by atoms with van der Waals surface area (Å²) in [6.45, 7) is 1.17. The van der Waals surface area contributed by atoms with Gasteiger partial charge in [0.05, 0.1) is 6.04 Å². The maximum atomic E-state index is 11.9. The van der Waals surface area contributed by atoms with Gasteiger partial charge in [-0.3, -0.25) is 14.6 Å². The van der Waals surface area contributed by atoms with E-state index in [0.29, 0.717) is 30.2 Å². The van der Waals surface area contributed by atoms with Crippen LogP contribution in [0.5, 0.6) is 0 Å². The van der Waals surface area contributed by atoms with Crippen LogP contribution in [0.3, 0.4) is 0 Å². The number of aromatic nitrogens is 2. The quantitative estimate of drug-likeness (QED) is 0.456. The van der Waals surface area contributed by atoms with Gasteiger partial charge >= 0.3 is 0 Å². The Morgan fingerprint density at radius 1 is 1.35 bits per heavy atom. The number of nitrogen functional groups attached to an aromatic ring is 1. The maximum Gasteiger partial charge on any atom is 0.277 e. The Kier molecular flexibility index (Phi) is 3.75. The summed E-state index contributed by atoms with van der Waals surface area (Å²) in [6, 6.07) is 6.86. The maximum absolute atomic E-state index is 11.9. The lowest BCUT2D eigenvalue weighted by molar-refractivity contribution is 0.100. The van der Waals surface area contributed by atoms with Crippen molar-refractivity contribution in [1.82, 2.24) is 9.97 Å². The molecule has 1 aromatic heterocycles. The number of carbonyl (C=O) groups is 1. The van der Waals surface area contributed by atoms with Gasteiger partial charge in [0.2, 0.25) is 11.9 Å². The molecular weight excluding hydrogens is 298 g/mol. The molecule has 9 heteroatoms. The summed E-state index contributed by atoms with van der Waals surface area (Å²) < 4.78 is 0. The van der Waals surface area contributed by atoms with E-state index in [1.54, 1.807) is 24.3 Å². The molecule has 2 heterocycles. The number of nitrogens with one attached hydrogen (secondary N) is 4. The van der Waals surface area contributed by atoms with Crippen LogP contribution in [0.4, 0.5) is 23.1 Å². The van der Waals surface area contributed by atoms with E-state index in [1.807, 2.05) is 0 Å². The van der Waals surface area contributed by atoms with Gasteiger partial charge in [0.25, 0.3) is 5.56 Å². The van der Waals surface area contributed by atoms with E-state index in [0.717, 1.165) is 5.69 Å². The molecule has 23 heavy (non-hydrogen) atoms. The molecule has 120 valence electrons. The van der Waals surface area contributed by atoms with Gasteiger partial charge in [-0.15, -0.1) is 0 Å². The second kappa shape index (κ2) is 5.87. The zero-order chi connectivity index (χ0) is 16.4. The van der Waals surface area contributed by atoms with Crippen LogP contribution >= 0.6 is 0 Å². The fourth-order valence-corrected chi connectivity index (χ4v) is 2.34. The number of nitrogens with two attached hydrogens (primary N) is 2. The summed E-state index contributed by atoms with van der Waals surface area (Å²) in [6.07, 6.45) is 0. The van der Waals surface area contributed by atoms with Crippen LogP contribution in [0.2, 0.25) is 0 Å². The second-order valence-electron chi connectivity index (χ2n) is 5.22. The highest BCUT2D eigenvalue weighted by Crippen LogP contribution is 2.20. The monoisotopic (exact) mass is 315 g/mol. The number of nitrogens with zero attached hydrogens (tertiary/aromatic N) is 1. The number of fused-ring (bicyclic) bond motifs is 1. The average Bonchev–Trinajstić information content (AvgIpc) is 2.53. The average molecular weight is 315 g/mol. The zero-order valence-electron chi connectivity index (χ0n) is 12.2. The minimum Gasteiger partial charge on any atom is -0.383 e. The van der Waals surface area contributed by atoms with E-state index in [1.165, 1.54) is 0 Å². The summed E-state index contributed by atoms with van der Waals surface area (Å²) in [7, 11) is 0. The molecule has 0 unspecified atom stereocenters. The number of H-pyrrole nitrogens is 1. The van der Waals surface area contributed by atoms with Crippen LogP contribution in [-0.2, 0) is 0 Å². The SMILES string of the molecule is NC(=O)c1ccc(NC[C@H]2CNc3nc(N)[nH]c(=O)c3N2)cc1. The number of benzene rings is 1. The highest BCUT2D eigenvalue weighted by molar-refractivity contribution is 5.93. The van der Waals surface area contributed by atoms with E-state index in [-0.39, 0.29) is 17.5 Å². The van der Waals surface area contributed by atoms with E-state index in [9.17, 15) is 9.59 Å². The third-order valence-corrected chi connectivity index (χ3v) is 3.52. The molecule has 0 fully saturated rings. The Bertz CT molecular complexity index is 785. The van der Waals surface area contributed by atoms with Gasteiger partial charge < -0.3 is 27.4 Å². The first kappa shape index (κ1) is 14.7. The molecule has 0 saturated heterocycles. The molecule has 1 aromatic carbocycles. The smallest absolute Gasteiger partial charge is 0.277 e. The van der Waals surface area contributed by atoms with E-state index < -0.39 is 5.91 Å². The molecule has 0 saturated carbocycles. The molecule has 1 aliphatic heterocycles. The van der Waals surface area contributed by atoms with Crippen molar-refractivity contribution in [2.75, 3.05) is 34.8 Å². The molecular formula is C14H17N7O2. The van der Waals surface area contributed by atoms with Crippen LogP contribution in [0.1, 0.15) is 10.4 Å². The van der Waals surface area contributed by atoms with Crippen molar-refractivity contribution in [2.24, 2.45) is 5.73 Å². The third kappa shape index (κ3) is 3.18. The van der Waals surface area contributed by atoms with Gasteiger partial charge in [0, 0.05) is 24.3 Å². The standard InChI is InChI=1S/C14H17N7O2/c15-11(22)7-1-3-8(4-2-7)17-5-9-6-18-12-10(19-9)13(23)21-14(16)20-12/h1-4,9,17,19H,5-6H2,(H2,15,22)(H4,16,18,20,21,23)/t9-/m0/s1. The summed E-state index contributed by atoms with van der Waals surface area (Å²) in [5, 5.41) is 9.44. The molecule has 1 atom stereocenters. The molecule has 1 aliphatic rings. The fourth-order valence-electron chi connectivity index (χ4n) is 2.34. The Hall–Kier alpha value is -3.23. The zero-order valence-corrected chi connectivity index (χ0v) is 12.2. The minimum atomic E-state index is -0.461. The Balaban J connectivity index is 1.64. The van der Waals surface area contributed by atoms with E-state index >= 15 is 0 Å². The van der Waals surface area contributed by atoms with Crippen molar-refractivity contribution < 1.29 is 4.79 Å². The van der Waals surface area contributed by atoms with E-state index in [2.05, 4.69) is 25.9 Å². The normalized spacial score (nSPS) is 15.9. The number of hydrogen-bond donors (Lipinski definition) is 6. The molecule has 2 aromatic rings. The van der Waals surface area contributed by atoms with Crippen LogP contribution in [0.15, 0.2) is 29.1 Å². The summed E-state index contributed by atoms with van der Waals surface area (Å²) in [4.78, 5) is 29.4. The molecule has 0 aliphatic carbocycles. The number of anilines is 4. The Labute approximate surface area is 131 Å². The van der Waals surface area contributed by atoms with Gasteiger partial charge in [-0.2, -0.15) is 4.98 Å². The van der Waals surface area contributed by atoms with Crippen LogP contribution < -0.4 is 33.0 Å². The number of primary amides is 1. The largest absolute Gasteiger partial charge is 0.383 e. The molecule has 3 rings (SSSR count). The number of amides is 1. The van der Waals surface area contributed by atoms with E-state index in [4.69, 9.17) is 11.5 Å². The number of hydrogen-bond acceptors (Lipinski definition) is 7. The summed E-state index contributed by atoms with van der Waals surface area (Å²) >= 11 is 0. The van der Waals surface area contributed by atoms with Crippen LogP contribution in [0, 0.1) is 0 Å². The molecule has 0 radical (unpaired) electrons. The van der Waals surface area contributed by atoms with Crippen molar-refractivity contribution in [3.05, 3.63) is 40.2 Å². The molecule has 0 spiro atoms. The van der Waals surface area contributed by atoms with Crippen molar-refractivity contribution in [3.8, 4) is 0 Å². The second-order valence-corrected chi connectivity index (χ2v) is 5.22. The first-order chi connectivity index (χ1) is 11.0. The van der Waals surface area contributed by atoms with Gasteiger partial charge in [-0.05, 0) is 24.3 Å². The molecule has 1 amide bonds. The fraction of sp³-hybridized carbons (Fsp3) is 0.214. The minimum absolute atomic E-state index is 0.00941. The van der Waals surface area contributed by atoms with Gasteiger partial charge in [0.15, 0.2) is 5.82 Å². The van der Waals surface area contributed by atoms with Crippen molar-refractivity contribution in [3.63, 3.8) is 0 Å². The molecule has 8 N–H and O–H groups in total. The Morgan fingerprint density at radius 2 is 2.09 bits per heavy atom. The molecule has 0 bridgehead atoms. The highest BCUT2D eigenvalue weighted by atomic mass is 16.1. The van der Waals surface area contributed by atoms with Gasteiger partial charge in [-0.25, -0.2) is 0 Å². The molecule has 9 nitrogen and oxygen atoms in total. The topological polar surface area (TPSA) is 151 Å². The Morgan fingerprint density at radius 3 is 2.78 bits per heavy atom. The van der Waals surface area contributed by atoms with Crippen LogP contribution in [-0.4, -0.2) is 35.0 Å². The third-order valence-electron chi connectivity index (χ3n) is 3.52. The van der Waals surface area contributed by atoms with Crippen LogP contribution in [0.25, 0.3) is 0 Å². The van der Waals surface area contributed by atoms with Crippen molar-refractivity contribution >= 4 is 29.0 Å². The highest BCUT2D eigenvalue weighted by Gasteiger charge is 2.21. The summed E-state index contributed by atoms with van der Waals surface area (Å²) in [5.41, 5.74) is 12.1. The lowest BCUT2D eigenvalue weighted by Gasteiger charge is -2.27. The lowest BCUT2D eigenvalue weighted by atomic mass is 10.2. The first-order valence-electron chi connectivity index (χ1n) is 7.07. The number of carbonyl (C=O) groups excluding carboxylic acids is 1. The van der Waals surface area contributed by atoms with Crippen molar-refractivity contribution in [2.45, 2.75) is 6.04 Å². The van der Waals surface area contributed by atoms with Gasteiger partial charge in [-0.1, -0.05) is 0 Å². The number of rotatable bonds is 4. The van der Waals surface area contributed by atoms with Gasteiger partial charge in [0.1, 0.15) is 5.69 Å². The lowest BCUT2D eigenvalue weighted by Crippen LogP contribution is -2.41. The first-order valence-corrected chi connectivity index (χ1v) is 7.07. The summed E-state index contributed by atoms with van der Waals surface area (Å²) in [5.74, 6) is 0.0692. The number of aromatic amines is 1.